The van der Waals surface area contributed by atoms with Crippen LogP contribution in [0, 0.1) is 30.3 Å². The molecule has 0 bridgehead atoms. The highest BCUT2D eigenvalue weighted by atomic mass is 35.5. The van der Waals surface area contributed by atoms with Gasteiger partial charge in [-0.3, -0.25) is 20.2 Å². The van der Waals surface area contributed by atoms with Gasteiger partial charge < -0.3 is 10.1 Å². The van der Waals surface area contributed by atoms with E-state index in [9.17, 15) is 30.3 Å². The second kappa shape index (κ2) is 4.01. The molecule has 0 spiro atoms. The van der Waals surface area contributed by atoms with Gasteiger partial charge in [-0.25, -0.2) is 0 Å². The van der Waals surface area contributed by atoms with E-state index in [0.717, 1.165) is 0 Å². The first-order valence-corrected chi connectivity index (χ1v) is 3.76. The minimum Gasteiger partial charge on any atom is -0.390 e. The number of nitrogens with zero attached hydrogens (tertiary/aromatic N) is 6. The maximum absolute atomic E-state index is 10.3. The van der Waals surface area contributed by atoms with Crippen molar-refractivity contribution in [2.75, 3.05) is 0 Å². The molecule has 86 valence electrons. The van der Waals surface area contributed by atoms with Crippen LogP contribution in [0.15, 0.2) is 0 Å². The highest BCUT2D eigenvalue weighted by Gasteiger charge is 2.42. The molecule has 1 aromatic heterocycles. The first-order valence-electron chi connectivity index (χ1n) is 3.38. The van der Waals surface area contributed by atoms with E-state index in [1.54, 1.807) is 0 Å². The molecule has 0 saturated heterocycles. The van der Waals surface area contributed by atoms with Gasteiger partial charge in [-0.2, -0.15) is 0 Å². The molecule has 0 aromatic carbocycles. The van der Waals surface area contributed by atoms with E-state index in [1.165, 1.54) is 0 Å². The number of rotatable bonds is 4. The molecule has 16 heavy (non-hydrogen) atoms. The number of hydrogen-bond donors (Lipinski definition) is 0. The minimum absolute atomic E-state index is 0.0414. The van der Waals surface area contributed by atoms with Crippen molar-refractivity contribution in [3.63, 3.8) is 0 Å². The Labute approximate surface area is 89.9 Å². The smallest absolute Gasteiger partial charge is 0.390 e. The fourth-order valence-corrected chi connectivity index (χ4v) is 0.974. The van der Waals surface area contributed by atoms with Gasteiger partial charge in [0.05, 0.1) is 0 Å². The molecule has 0 radical (unpaired) electrons. The maximum Gasteiger partial charge on any atom is 0.568 e. The highest BCUT2D eigenvalue weighted by Crippen LogP contribution is 2.17. The Balaban J connectivity index is 3.25. The largest absolute Gasteiger partial charge is 0.568 e. The van der Waals surface area contributed by atoms with E-state index in [-0.39, 0.29) is 4.68 Å². The van der Waals surface area contributed by atoms with Crippen LogP contribution in [0.25, 0.3) is 0 Å². The van der Waals surface area contributed by atoms with Crippen molar-refractivity contribution < 1.29 is 14.8 Å². The van der Waals surface area contributed by atoms with Crippen molar-refractivity contribution in [2.45, 2.75) is 6.29 Å². The van der Waals surface area contributed by atoms with E-state index >= 15 is 0 Å². The lowest BCUT2D eigenvalue weighted by Crippen LogP contribution is -2.27. The van der Waals surface area contributed by atoms with Crippen LogP contribution < -0.4 is 0 Å². The summed E-state index contributed by atoms with van der Waals surface area (Å²) in [5.74, 6) is -1.06. The van der Waals surface area contributed by atoms with Crippen molar-refractivity contribution in [3.05, 3.63) is 35.6 Å². The Hall–Kier alpha value is -2.37. The second-order valence-corrected chi connectivity index (χ2v) is 2.64. The zero-order valence-corrected chi connectivity index (χ0v) is 7.84. The summed E-state index contributed by atoms with van der Waals surface area (Å²) in [6.45, 7) is 0. The molecule has 0 aliphatic carbocycles. The third kappa shape index (κ3) is 2.00. The van der Waals surface area contributed by atoms with Crippen molar-refractivity contribution >= 4 is 17.5 Å². The molecule has 0 amide bonds. The number of nitro groups is 3. The predicted octanol–water partition coefficient (Wildman–Crippen LogP) is -0.151. The predicted molar refractivity (Wildman–Crippen MR) is 44.7 cm³/mol. The molecule has 1 heterocycles. The van der Waals surface area contributed by atoms with Gasteiger partial charge in [0, 0.05) is 5.10 Å². The summed E-state index contributed by atoms with van der Waals surface area (Å²) in [4.78, 5) is 30.1. The van der Waals surface area contributed by atoms with E-state index in [4.69, 9.17) is 11.6 Å². The van der Waals surface area contributed by atoms with Crippen LogP contribution in [-0.4, -0.2) is 29.5 Å². The summed E-state index contributed by atoms with van der Waals surface area (Å²) in [5, 5.41) is 33.0. The molecule has 0 saturated carbocycles. The zero-order valence-electron chi connectivity index (χ0n) is 7.09. The third-order valence-corrected chi connectivity index (χ3v) is 1.60. The molecule has 0 aliphatic heterocycles. The molecule has 1 aromatic rings. The topological polar surface area (TPSA) is 160 Å². The van der Waals surface area contributed by atoms with Crippen molar-refractivity contribution in [1.82, 2.24) is 14.8 Å². The molecule has 12 nitrogen and oxygen atoms in total. The summed E-state index contributed by atoms with van der Waals surface area (Å²) in [6, 6.07) is 0. The summed E-state index contributed by atoms with van der Waals surface area (Å²) < 4.78 is 0.0414. The first-order chi connectivity index (χ1) is 7.34. The number of halogens is 1. The average molecular weight is 253 g/mol. The second-order valence-electron chi connectivity index (χ2n) is 2.30. The van der Waals surface area contributed by atoms with Gasteiger partial charge in [0.1, 0.15) is 9.85 Å². The maximum atomic E-state index is 10.3. The van der Waals surface area contributed by atoms with Crippen LogP contribution in [0.3, 0.4) is 0 Å². The van der Waals surface area contributed by atoms with Gasteiger partial charge in [0.2, 0.25) is 0 Å². The van der Waals surface area contributed by atoms with E-state index in [1.807, 2.05) is 0 Å². The van der Waals surface area contributed by atoms with Crippen molar-refractivity contribution in [3.8, 4) is 0 Å². The molecule has 0 fully saturated rings. The number of aromatic nitrogens is 3. The van der Waals surface area contributed by atoms with Crippen LogP contribution in [-0.2, 0) is 0 Å². The zero-order chi connectivity index (χ0) is 12.5. The molecule has 1 rings (SSSR count). The Kier molecular flexibility index (Phi) is 2.94. The van der Waals surface area contributed by atoms with E-state index in [2.05, 4.69) is 10.1 Å². The van der Waals surface area contributed by atoms with E-state index < -0.39 is 32.3 Å². The van der Waals surface area contributed by atoms with Crippen LogP contribution in [0.2, 0.25) is 5.28 Å². The van der Waals surface area contributed by atoms with Gasteiger partial charge >= 0.3 is 17.5 Å². The molecular weight excluding hydrogens is 252 g/mol. The van der Waals surface area contributed by atoms with Crippen LogP contribution in [0.1, 0.15) is 6.29 Å². The lowest BCUT2D eigenvalue weighted by atomic mass is 10.9. The third-order valence-electron chi connectivity index (χ3n) is 1.34. The Morgan fingerprint density at radius 3 is 2.00 bits per heavy atom. The normalized spacial score (nSPS) is 10.4. The monoisotopic (exact) mass is 252 g/mol. The Bertz CT molecular complexity index is 455. The van der Waals surface area contributed by atoms with Gasteiger partial charge in [0.25, 0.3) is 0 Å². The van der Waals surface area contributed by atoms with Crippen LogP contribution in [0.4, 0.5) is 5.95 Å². The Morgan fingerprint density at radius 2 is 1.69 bits per heavy atom. The SMILES string of the molecule is O=[N+]([O-])c1nc(Cl)n(C([N+](=O)[O-])[N+](=O)[O-])n1. The average Bonchev–Trinajstić information content (AvgIpc) is 2.47. The van der Waals surface area contributed by atoms with Gasteiger partial charge in [-0.15, -0.1) is 0 Å². The molecule has 0 atom stereocenters. The van der Waals surface area contributed by atoms with Gasteiger partial charge in [-0.05, 0) is 26.2 Å². The lowest BCUT2D eigenvalue weighted by Gasteiger charge is -1.97. The number of hydrogen-bond acceptors (Lipinski definition) is 8. The van der Waals surface area contributed by atoms with Crippen molar-refractivity contribution in [1.29, 1.82) is 0 Å². The van der Waals surface area contributed by atoms with E-state index in [0.29, 0.717) is 0 Å². The summed E-state index contributed by atoms with van der Waals surface area (Å²) in [5.41, 5.74) is 0. The summed E-state index contributed by atoms with van der Waals surface area (Å²) in [7, 11) is 0. The molecule has 0 aliphatic rings. The fourth-order valence-electron chi connectivity index (χ4n) is 0.774. The molecular formula is C3HClN6O6. The standard InChI is InChI=1S/C3HClN6O6/c4-1-5-2(8(11)12)6-7(1)3(9(13)14)10(15)16/h3H. The highest BCUT2D eigenvalue weighted by molar-refractivity contribution is 6.28. The van der Waals surface area contributed by atoms with Gasteiger partial charge in [0.15, 0.2) is 0 Å². The lowest BCUT2D eigenvalue weighted by molar-refractivity contribution is -0.774. The molecule has 0 unspecified atom stereocenters. The van der Waals surface area contributed by atoms with Crippen LogP contribution in [0.5, 0.6) is 0 Å². The first kappa shape index (κ1) is 11.7. The Morgan fingerprint density at radius 1 is 1.19 bits per heavy atom. The van der Waals surface area contributed by atoms with Crippen molar-refractivity contribution in [2.24, 2.45) is 0 Å². The molecule has 13 heteroatoms. The van der Waals surface area contributed by atoms with Crippen LogP contribution >= 0.6 is 11.6 Å². The minimum atomic E-state index is -2.55. The summed E-state index contributed by atoms with van der Waals surface area (Å²) in [6.07, 6.45) is -2.55. The quantitative estimate of drug-likeness (QED) is 0.406. The molecule has 0 N–H and O–H groups in total. The van der Waals surface area contributed by atoms with Gasteiger partial charge in [-0.1, -0.05) is 0 Å². The fraction of sp³-hybridized carbons (Fsp3) is 0.333. The summed E-state index contributed by atoms with van der Waals surface area (Å²) >= 11 is 5.25.